The Morgan fingerprint density at radius 1 is 1.07 bits per heavy atom. The summed E-state index contributed by atoms with van der Waals surface area (Å²) in [5, 5.41) is 33.4. The van der Waals surface area contributed by atoms with Crippen molar-refractivity contribution in [2.24, 2.45) is 17.8 Å². The van der Waals surface area contributed by atoms with Crippen LogP contribution in [0.15, 0.2) is 60.2 Å². The number of nitro groups is 1. The van der Waals surface area contributed by atoms with Gasteiger partial charge in [-0.2, -0.15) is 0 Å². The third kappa shape index (κ3) is 16.5. The van der Waals surface area contributed by atoms with Gasteiger partial charge in [0.1, 0.15) is 29.7 Å². The number of cyclic esters (lactones) is 1. The fraction of sp³-hybridized carbons (Fsp3) is 0.651. The molecule has 1 aromatic rings. The number of nitrogens with zero attached hydrogens (tertiary/aromatic N) is 1. The first kappa shape index (κ1) is 49.3. The van der Waals surface area contributed by atoms with Crippen LogP contribution in [0.25, 0.3) is 0 Å². The molecule has 0 saturated heterocycles. The van der Waals surface area contributed by atoms with E-state index in [1.54, 1.807) is 13.0 Å². The Balaban J connectivity index is 2.15. The summed E-state index contributed by atoms with van der Waals surface area (Å²) in [6.07, 6.45) is 7.10. The van der Waals surface area contributed by atoms with Gasteiger partial charge in [0.05, 0.1) is 23.6 Å². The second-order valence-electron chi connectivity index (χ2n) is 15.8. The van der Waals surface area contributed by atoms with E-state index in [4.69, 9.17) is 23.4 Å². The molecule has 0 aliphatic carbocycles. The lowest BCUT2D eigenvalue weighted by Gasteiger charge is -2.36. The summed E-state index contributed by atoms with van der Waals surface area (Å²) >= 11 is 0. The lowest BCUT2D eigenvalue weighted by Crippen LogP contribution is -2.45. The SMILES string of the molecule is CCC(OC(=O)Oc1ccc([N+](=O)[O-])cc1)C(C)CC(O)CC(C)/C=C/C=C(\C)C1OC(=O)CC(O[Si](CC)(CC)CC)CCC(C)(O)C(OC(C)=O)/C=C/C1C. The average molecular weight is 818 g/mol. The number of aliphatic hydroxyl groups excluding tert-OH is 1. The molecule has 320 valence electrons. The Labute approximate surface area is 340 Å². The van der Waals surface area contributed by atoms with E-state index in [0.717, 1.165) is 23.7 Å². The minimum absolute atomic E-state index is 0.0229. The van der Waals surface area contributed by atoms with Crippen molar-refractivity contribution in [1.29, 1.82) is 0 Å². The fourth-order valence-electron chi connectivity index (χ4n) is 7.23. The van der Waals surface area contributed by atoms with Gasteiger partial charge in [0.25, 0.3) is 5.69 Å². The number of hydrogen-bond acceptors (Lipinski definition) is 12. The molecule has 0 radical (unpaired) electrons. The zero-order chi connectivity index (χ0) is 42.9. The van der Waals surface area contributed by atoms with Crippen LogP contribution < -0.4 is 4.74 Å². The Bertz CT molecular complexity index is 1530. The Hall–Kier alpha value is -3.85. The Morgan fingerprint density at radius 3 is 2.26 bits per heavy atom. The monoisotopic (exact) mass is 817 g/mol. The highest BCUT2D eigenvalue weighted by Gasteiger charge is 2.38. The van der Waals surface area contributed by atoms with Crippen molar-refractivity contribution in [1.82, 2.24) is 0 Å². The van der Waals surface area contributed by atoms with E-state index >= 15 is 0 Å². The van der Waals surface area contributed by atoms with Gasteiger partial charge in [-0.25, -0.2) is 4.79 Å². The van der Waals surface area contributed by atoms with Crippen LogP contribution in [0.3, 0.4) is 0 Å². The summed E-state index contributed by atoms with van der Waals surface area (Å²) in [5.74, 6) is -1.31. The predicted octanol–water partition coefficient (Wildman–Crippen LogP) is 9.17. The van der Waals surface area contributed by atoms with Crippen molar-refractivity contribution in [3.05, 3.63) is 70.3 Å². The lowest BCUT2D eigenvalue weighted by atomic mass is 9.88. The van der Waals surface area contributed by atoms with E-state index in [1.807, 2.05) is 58.9 Å². The molecular weight excluding hydrogens is 751 g/mol. The minimum atomic E-state index is -2.12. The minimum Gasteiger partial charge on any atom is -0.457 e. The van der Waals surface area contributed by atoms with Gasteiger partial charge in [0.15, 0.2) is 8.32 Å². The van der Waals surface area contributed by atoms with Crippen LogP contribution in [-0.2, 0) is 28.2 Å². The number of carbonyl (C=O) groups excluding carboxylic acids is 3. The summed E-state index contributed by atoms with van der Waals surface area (Å²) in [6.45, 7) is 18.9. The average Bonchev–Trinajstić information content (AvgIpc) is 3.14. The second-order valence-corrected chi connectivity index (χ2v) is 20.5. The summed E-state index contributed by atoms with van der Waals surface area (Å²) in [5.41, 5.74) is -0.733. The first-order chi connectivity index (χ1) is 26.8. The standard InChI is InChI=1S/C43H67NO12Si/c1-11-38(54-42(48)53-36-21-19-34(20-22-36)44(50)51)32(8)27-35(46)26-29(5)16-15-17-30(6)41-31(7)18-23-39(52-33(9)45)43(10,49)25-24-37(28-40(47)55-41)56-57(12-2,13-3)14-4/h15-23,29,31-32,35,37-39,41,46,49H,11-14,24-28H2,1-10H3/b16-15+,23-18+,30-17+. The summed E-state index contributed by atoms with van der Waals surface area (Å²) in [7, 11) is -2.12. The van der Waals surface area contributed by atoms with E-state index in [-0.39, 0.29) is 48.0 Å². The van der Waals surface area contributed by atoms with Crippen molar-refractivity contribution in [2.45, 2.75) is 162 Å². The molecule has 0 fully saturated rings. The molecule has 1 aliphatic heterocycles. The molecule has 9 unspecified atom stereocenters. The second kappa shape index (κ2) is 23.5. The van der Waals surface area contributed by atoms with E-state index in [2.05, 4.69) is 20.8 Å². The third-order valence-electron chi connectivity index (χ3n) is 11.0. The van der Waals surface area contributed by atoms with Crippen molar-refractivity contribution in [2.75, 3.05) is 0 Å². The highest BCUT2D eigenvalue weighted by atomic mass is 28.4. The van der Waals surface area contributed by atoms with Crippen LogP contribution in [0.1, 0.15) is 108 Å². The molecule has 1 aromatic carbocycles. The van der Waals surface area contributed by atoms with Gasteiger partial charge in [-0.1, -0.05) is 72.8 Å². The summed E-state index contributed by atoms with van der Waals surface area (Å²) < 4.78 is 29.2. The highest BCUT2D eigenvalue weighted by Crippen LogP contribution is 2.31. The van der Waals surface area contributed by atoms with Gasteiger partial charge in [0.2, 0.25) is 0 Å². The first-order valence-corrected chi connectivity index (χ1v) is 22.9. The molecule has 0 bridgehead atoms. The number of hydrogen-bond donors (Lipinski definition) is 2. The number of benzene rings is 1. The zero-order valence-electron chi connectivity index (χ0n) is 35.6. The van der Waals surface area contributed by atoms with E-state index in [9.17, 15) is 34.7 Å². The van der Waals surface area contributed by atoms with Gasteiger partial charge in [0, 0.05) is 25.0 Å². The first-order valence-electron chi connectivity index (χ1n) is 20.4. The van der Waals surface area contributed by atoms with Crippen LogP contribution in [0.2, 0.25) is 18.1 Å². The molecule has 1 aliphatic rings. The summed E-state index contributed by atoms with van der Waals surface area (Å²) in [4.78, 5) is 48.4. The number of nitro benzene ring substituents is 1. The molecule has 0 amide bonds. The quantitative estimate of drug-likeness (QED) is 0.0210. The summed E-state index contributed by atoms with van der Waals surface area (Å²) in [6, 6.07) is 7.83. The number of non-ortho nitro benzene ring substituents is 1. The van der Waals surface area contributed by atoms with Crippen molar-refractivity contribution >= 4 is 32.1 Å². The van der Waals surface area contributed by atoms with Crippen LogP contribution in [-0.4, -0.2) is 77.7 Å². The van der Waals surface area contributed by atoms with E-state index in [1.165, 1.54) is 31.2 Å². The van der Waals surface area contributed by atoms with Gasteiger partial charge < -0.3 is 33.6 Å². The molecule has 2 rings (SSSR count). The molecule has 1 heterocycles. The van der Waals surface area contributed by atoms with Crippen LogP contribution in [0, 0.1) is 27.9 Å². The number of carbonyl (C=O) groups is 3. The topological polar surface area (TPSA) is 181 Å². The van der Waals surface area contributed by atoms with Gasteiger partial charge in [-0.15, -0.1) is 0 Å². The van der Waals surface area contributed by atoms with Gasteiger partial charge in [-0.05, 0) is 99.7 Å². The number of ether oxygens (including phenoxy) is 4. The van der Waals surface area contributed by atoms with E-state index in [0.29, 0.717) is 25.7 Å². The Morgan fingerprint density at radius 2 is 1.70 bits per heavy atom. The van der Waals surface area contributed by atoms with Crippen LogP contribution in [0.4, 0.5) is 10.5 Å². The van der Waals surface area contributed by atoms with Crippen LogP contribution in [0.5, 0.6) is 5.75 Å². The third-order valence-corrected chi connectivity index (χ3v) is 15.7. The maximum Gasteiger partial charge on any atom is 0.514 e. The molecule has 0 spiro atoms. The number of aliphatic hydroxyl groups is 2. The molecule has 13 nitrogen and oxygen atoms in total. The molecule has 57 heavy (non-hydrogen) atoms. The normalized spacial score (nSPS) is 25.2. The lowest BCUT2D eigenvalue weighted by molar-refractivity contribution is -0.384. The molecule has 14 heteroatoms. The molecular formula is C43H67NO12Si. The molecule has 9 atom stereocenters. The molecule has 2 N–H and O–H groups in total. The zero-order valence-corrected chi connectivity index (χ0v) is 36.6. The fourth-order valence-corrected chi connectivity index (χ4v) is 10.1. The number of rotatable bonds is 18. The predicted molar refractivity (Wildman–Crippen MR) is 221 cm³/mol. The molecule has 0 aromatic heterocycles. The van der Waals surface area contributed by atoms with Crippen molar-refractivity contribution in [3.8, 4) is 5.75 Å². The largest absolute Gasteiger partial charge is 0.514 e. The number of esters is 2. The Kier molecular flexibility index (Phi) is 20.3. The maximum atomic E-state index is 13.6. The maximum absolute atomic E-state index is 13.6. The van der Waals surface area contributed by atoms with E-state index < -0.39 is 61.5 Å². The highest BCUT2D eigenvalue weighted by molar-refractivity contribution is 6.73. The van der Waals surface area contributed by atoms with Gasteiger partial charge >= 0.3 is 18.1 Å². The van der Waals surface area contributed by atoms with Crippen LogP contribution >= 0.6 is 0 Å². The van der Waals surface area contributed by atoms with Gasteiger partial charge in [-0.3, -0.25) is 19.7 Å². The van der Waals surface area contributed by atoms with Crippen molar-refractivity contribution in [3.63, 3.8) is 0 Å². The van der Waals surface area contributed by atoms with Crippen molar-refractivity contribution < 1.29 is 52.9 Å². The molecule has 0 saturated carbocycles. The smallest absolute Gasteiger partial charge is 0.457 e. The number of allylic oxidation sites excluding steroid dienone is 3.